The molecule has 0 aliphatic heterocycles. The summed E-state index contributed by atoms with van der Waals surface area (Å²) in [5.74, 6) is 0.299. The van der Waals surface area contributed by atoms with Gasteiger partial charge >= 0.3 is 0 Å². The second-order valence-corrected chi connectivity index (χ2v) is 5.58. The van der Waals surface area contributed by atoms with E-state index in [1.807, 2.05) is 26.8 Å². The van der Waals surface area contributed by atoms with Crippen LogP contribution in [0.15, 0.2) is 18.3 Å². The minimum absolute atomic E-state index is 0.0224. The number of carbonyl (C=O) groups is 1. The predicted octanol–water partition coefficient (Wildman–Crippen LogP) is 1.12. The first-order valence-electron chi connectivity index (χ1n) is 6.36. The third kappa shape index (κ3) is 5.26. The predicted molar refractivity (Wildman–Crippen MR) is 74.9 cm³/mol. The molecule has 19 heavy (non-hydrogen) atoms. The third-order valence-electron chi connectivity index (χ3n) is 2.64. The third-order valence-corrected chi connectivity index (χ3v) is 2.64. The molecule has 0 aliphatic rings. The van der Waals surface area contributed by atoms with Crippen LogP contribution in [0.25, 0.3) is 0 Å². The van der Waals surface area contributed by atoms with Crippen LogP contribution in [0.3, 0.4) is 0 Å². The number of rotatable bonds is 5. The first-order chi connectivity index (χ1) is 8.85. The molecule has 0 spiro atoms. The van der Waals surface area contributed by atoms with Gasteiger partial charge in [0.1, 0.15) is 0 Å². The first kappa shape index (κ1) is 15.4. The molecule has 106 valence electrons. The number of amides is 1. The van der Waals surface area contributed by atoms with E-state index in [-0.39, 0.29) is 17.4 Å². The van der Waals surface area contributed by atoms with Crippen molar-refractivity contribution in [3.05, 3.63) is 23.9 Å². The number of aromatic nitrogens is 1. The van der Waals surface area contributed by atoms with Crippen LogP contribution in [0.1, 0.15) is 26.3 Å². The van der Waals surface area contributed by atoms with Gasteiger partial charge in [0, 0.05) is 24.3 Å². The SMILES string of the molecule is COc1ccc(CC(CN)C(=O)NC(C)(C)C)cn1. The summed E-state index contributed by atoms with van der Waals surface area (Å²) < 4.78 is 5.00. The Balaban J connectivity index is 2.67. The van der Waals surface area contributed by atoms with E-state index in [4.69, 9.17) is 10.5 Å². The summed E-state index contributed by atoms with van der Waals surface area (Å²) >= 11 is 0. The van der Waals surface area contributed by atoms with Gasteiger partial charge < -0.3 is 15.8 Å². The molecule has 0 saturated carbocycles. The number of nitrogens with zero attached hydrogens (tertiary/aromatic N) is 1. The summed E-state index contributed by atoms with van der Waals surface area (Å²) in [5.41, 5.74) is 6.42. The highest BCUT2D eigenvalue weighted by Gasteiger charge is 2.22. The molecule has 5 heteroatoms. The number of nitrogens with two attached hydrogens (primary N) is 1. The number of methoxy groups -OCH3 is 1. The molecular formula is C14H23N3O2. The molecule has 0 radical (unpaired) electrons. The van der Waals surface area contributed by atoms with Gasteiger partial charge in [-0.2, -0.15) is 0 Å². The standard InChI is InChI=1S/C14H23N3O2/c1-14(2,3)17-13(18)11(8-15)7-10-5-6-12(19-4)16-9-10/h5-6,9,11H,7-8,15H2,1-4H3,(H,17,18). The van der Waals surface area contributed by atoms with Gasteiger partial charge in [-0.15, -0.1) is 0 Å². The van der Waals surface area contributed by atoms with Crippen molar-refractivity contribution in [3.8, 4) is 5.88 Å². The minimum atomic E-state index is -0.247. The summed E-state index contributed by atoms with van der Waals surface area (Å²) in [7, 11) is 1.57. The molecule has 0 fully saturated rings. The Morgan fingerprint density at radius 1 is 1.47 bits per heavy atom. The van der Waals surface area contributed by atoms with Crippen LogP contribution in [0.4, 0.5) is 0 Å². The van der Waals surface area contributed by atoms with E-state index in [1.165, 1.54) is 0 Å². The van der Waals surface area contributed by atoms with Crippen molar-refractivity contribution in [1.29, 1.82) is 0 Å². The van der Waals surface area contributed by atoms with Crippen LogP contribution in [-0.4, -0.2) is 30.1 Å². The molecule has 1 unspecified atom stereocenters. The Labute approximate surface area is 114 Å². The Morgan fingerprint density at radius 2 is 2.16 bits per heavy atom. The molecule has 1 amide bonds. The van der Waals surface area contributed by atoms with Crippen molar-refractivity contribution < 1.29 is 9.53 Å². The van der Waals surface area contributed by atoms with Gasteiger partial charge in [-0.05, 0) is 32.8 Å². The molecule has 0 bridgehead atoms. The van der Waals surface area contributed by atoms with E-state index >= 15 is 0 Å². The average molecular weight is 265 g/mol. The van der Waals surface area contributed by atoms with Crippen LogP contribution in [0, 0.1) is 5.92 Å². The van der Waals surface area contributed by atoms with Crippen LogP contribution < -0.4 is 15.8 Å². The zero-order valence-electron chi connectivity index (χ0n) is 12.1. The molecule has 0 aliphatic carbocycles. The lowest BCUT2D eigenvalue weighted by Gasteiger charge is -2.24. The second kappa shape index (κ2) is 6.52. The van der Waals surface area contributed by atoms with Crippen LogP contribution in [0.2, 0.25) is 0 Å². The molecular weight excluding hydrogens is 242 g/mol. The molecule has 0 saturated heterocycles. The molecule has 1 aromatic rings. The number of hydrogen-bond donors (Lipinski definition) is 2. The van der Waals surface area contributed by atoms with Gasteiger partial charge in [0.2, 0.25) is 11.8 Å². The van der Waals surface area contributed by atoms with Crippen LogP contribution in [0.5, 0.6) is 5.88 Å². The highest BCUT2D eigenvalue weighted by Crippen LogP contribution is 2.12. The summed E-state index contributed by atoms with van der Waals surface area (Å²) in [6.45, 7) is 6.17. The number of ether oxygens (including phenoxy) is 1. The van der Waals surface area contributed by atoms with E-state index in [1.54, 1.807) is 19.4 Å². The summed E-state index contributed by atoms with van der Waals surface area (Å²) in [6, 6.07) is 3.68. The maximum absolute atomic E-state index is 12.1. The van der Waals surface area contributed by atoms with Gasteiger partial charge in [0.05, 0.1) is 13.0 Å². The Morgan fingerprint density at radius 3 is 2.58 bits per heavy atom. The molecule has 1 rings (SSSR count). The van der Waals surface area contributed by atoms with Gasteiger partial charge in [-0.3, -0.25) is 4.79 Å². The highest BCUT2D eigenvalue weighted by atomic mass is 16.5. The van der Waals surface area contributed by atoms with Crippen molar-refractivity contribution in [2.24, 2.45) is 11.7 Å². The smallest absolute Gasteiger partial charge is 0.225 e. The largest absolute Gasteiger partial charge is 0.481 e. The molecule has 1 heterocycles. The summed E-state index contributed by atoms with van der Waals surface area (Å²) in [5, 5.41) is 2.95. The molecule has 1 aromatic heterocycles. The lowest BCUT2D eigenvalue weighted by atomic mass is 9.98. The van der Waals surface area contributed by atoms with Crippen LogP contribution >= 0.6 is 0 Å². The van der Waals surface area contributed by atoms with Crippen molar-refractivity contribution in [3.63, 3.8) is 0 Å². The normalized spacial score (nSPS) is 12.9. The maximum Gasteiger partial charge on any atom is 0.225 e. The quantitative estimate of drug-likeness (QED) is 0.836. The van der Waals surface area contributed by atoms with Gasteiger partial charge in [0.15, 0.2) is 0 Å². The minimum Gasteiger partial charge on any atom is -0.481 e. The summed E-state index contributed by atoms with van der Waals surface area (Å²) in [4.78, 5) is 16.2. The number of carbonyl (C=O) groups excluding carboxylic acids is 1. The van der Waals surface area contributed by atoms with Gasteiger partial charge in [-0.25, -0.2) is 4.98 Å². The maximum atomic E-state index is 12.1. The van der Waals surface area contributed by atoms with Crippen molar-refractivity contribution >= 4 is 5.91 Å². The lowest BCUT2D eigenvalue weighted by Crippen LogP contribution is -2.46. The van der Waals surface area contributed by atoms with E-state index in [9.17, 15) is 4.79 Å². The number of pyridine rings is 1. The number of nitrogens with one attached hydrogen (secondary N) is 1. The fourth-order valence-electron chi connectivity index (χ4n) is 1.69. The molecule has 0 aromatic carbocycles. The van der Waals surface area contributed by atoms with Gasteiger partial charge in [-0.1, -0.05) is 6.07 Å². The molecule has 5 nitrogen and oxygen atoms in total. The highest BCUT2D eigenvalue weighted by molar-refractivity contribution is 5.79. The first-order valence-corrected chi connectivity index (χ1v) is 6.36. The molecule has 1 atom stereocenters. The lowest BCUT2D eigenvalue weighted by molar-refractivity contribution is -0.126. The zero-order valence-corrected chi connectivity index (χ0v) is 12.1. The topological polar surface area (TPSA) is 77.2 Å². The summed E-state index contributed by atoms with van der Waals surface area (Å²) in [6.07, 6.45) is 2.29. The Bertz CT molecular complexity index is 410. The van der Waals surface area contributed by atoms with Crippen molar-refractivity contribution in [2.75, 3.05) is 13.7 Å². The number of hydrogen-bond acceptors (Lipinski definition) is 4. The van der Waals surface area contributed by atoms with E-state index in [2.05, 4.69) is 10.3 Å². The van der Waals surface area contributed by atoms with E-state index in [0.717, 1.165) is 5.56 Å². The fourth-order valence-corrected chi connectivity index (χ4v) is 1.69. The second-order valence-electron chi connectivity index (χ2n) is 5.58. The van der Waals surface area contributed by atoms with Crippen LogP contribution in [-0.2, 0) is 11.2 Å². The van der Waals surface area contributed by atoms with Gasteiger partial charge in [0.25, 0.3) is 0 Å². The van der Waals surface area contributed by atoms with Crippen molar-refractivity contribution in [2.45, 2.75) is 32.7 Å². The fraction of sp³-hybridized carbons (Fsp3) is 0.571. The average Bonchev–Trinajstić information content (AvgIpc) is 2.34. The van der Waals surface area contributed by atoms with E-state index < -0.39 is 0 Å². The van der Waals surface area contributed by atoms with Crippen molar-refractivity contribution in [1.82, 2.24) is 10.3 Å². The Hall–Kier alpha value is -1.62. The monoisotopic (exact) mass is 265 g/mol. The van der Waals surface area contributed by atoms with E-state index in [0.29, 0.717) is 18.8 Å². The Kier molecular flexibility index (Phi) is 5.30. The zero-order chi connectivity index (χ0) is 14.5. The molecule has 3 N–H and O–H groups in total.